The fraction of sp³-hybridized carbons (Fsp3) is 0.750. The van der Waals surface area contributed by atoms with E-state index in [9.17, 15) is 0 Å². The Bertz CT molecular complexity index is 106. The number of rotatable bonds is 2. The minimum Gasteiger partial charge on any atom is -0.375 e. The van der Waals surface area contributed by atoms with Crippen molar-refractivity contribution >= 4 is 0 Å². The standard InChI is InChI=1S/C8H14NO/c1-2-3-4-8-7-9-5-6-10-8/h2-3,8H,4-7H2,1H3. The maximum absolute atomic E-state index is 5.44. The van der Waals surface area contributed by atoms with Crippen LogP contribution in [0.3, 0.4) is 0 Å². The largest absolute Gasteiger partial charge is 0.375 e. The third-order valence-corrected chi connectivity index (χ3v) is 1.57. The zero-order valence-electron chi connectivity index (χ0n) is 6.42. The van der Waals surface area contributed by atoms with E-state index >= 15 is 0 Å². The first-order valence-corrected chi connectivity index (χ1v) is 3.79. The number of nitrogens with zero attached hydrogens (tertiary/aromatic N) is 1. The van der Waals surface area contributed by atoms with Crippen molar-refractivity contribution in [2.75, 3.05) is 19.7 Å². The van der Waals surface area contributed by atoms with Crippen LogP contribution in [0.1, 0.15) is 13.3 Å². The molecule has 0 aromatic carbocycles. The van der Waals surface area contributed by atoms with Crippen LogP contribution in [0.5, 0.6) is 0 Å². The van der Waals surface area contributed by atoms with Gasteiger partial charge in [0, 0.05) is 13.1 Å². The molecular formula is C8H14NO. The SMILES string of the molecule is CC=CCC1C[N]CCO1. The molecule has 1 fully saturated rings. The van der Waals surface area contributed by atoms with Gasteiger partial charge in [-0.05, 0) is 13.3 Å². The molecular weight excluding hydrogens is 126 g/mol. The molecule has 2 nitrogen and oxygen atoms in total. The molecule has 0 aliphatic carbocycles. The van der Waals surface area contributed by atoms with Gasteiger partial charge in [0.25, 0.3) is 0 Å². The van der Waals surface area contributed by atoms with Gasteiger partial charge in [-0.3, -0.25) is 0 Å². The Morgan fingerprint density at radius 2 is 2.60 bits per heavy atom. The van der Waals surface area contributed by atoms with Crippen molar-refractivity contribution in [3.05, 3.63) is 12.2 Å². The van der Waals surface area contributed by atoms with Gasteiger partial charge in [-0.25, -0.2) is 5.32 Å². The quantitative estimate of drug-likeness (QED) is 0.524. The second-order valence-corrected chi connectivity index (χ2v) is 2.43. The van der Waals surface area contributed by atoms with Gasteiger partial charge in [-0.1, -0.05) is 12.2 Å². The molecule has 0 saturated carbocycles. The van der Waals surface area contributed by atoms with E-state index in [0.717, 1.165) is 26.1 Å². The molecule has 1 saturated heterocycles. The molecule has 0 amide bonds. The van der Waals surface area contributed by atoms with Crippen LogP contribution in [0.15, 0.2) is 12.2 Å². The molecule has 57 valence electrons. The number of hydrogen-bond donors (Lipinski definition) is 0. The molecule has 0 N–H and O–H groups in total. The van der Waals surface area contributed by atoms with Crippen molar-refractivity contribution < 1.29 is 4.74 Å². The fourth-order valence-electron chi connectivity index (χ4n) is 1.00. The number of hydrogen-bond acceptors (Lipinski definition) is 1. The molecule has 0 aromatic heterocycles. The second kappa shape index (κ2) is 4.47. The van der Waals surface area contributed by atoms with E-state index in [-0.39, 0.29) is 0 Å². The van der Waals surface area contributed by atoms with Crippen LogP contribution < -0.4 is 5.32 Å². The van der Waals surface area contributed by atoms with E-state index in [4.69, 9.17) is 4.74 Å². The van der Waals surface area contributed by atoms with E-state index in [2.05, 4.69) is 17.5 Å². The third-order valence-electron chi connectivity index (χ3n) is 1.57. The van der Waals surface area contributed by atoms with Crippen molar-refractivity contribution in [2.45, 2.75) is 19.4 Å². The van der Waals surface area contributed by atoms with E-state index in [1.54, 1.807) is 0 Å². The highest BCUT2D eigenvalue weighted by atomic mass is 16.5. The predicted octanol–water partition coefficient (Wildman–Crippen LogP) is 0.956. The first-order valence-electron chi connectivity index (χ1n) is 3.79. The first-order chi connectivity index (χ1) is 4.93. The van der Waals surface area contributed by atoms with Crippen molar-refractivity contribution in [3.8, 4) is 0 Å². The lowest BCUT2D eigenvalue weighted by molar-refractivity contribution is 0.0293. The molecule has 1 radical (unpaired) electrons. The molecule has 0 bridgehead atoms. The molecule has 10 heavy (non-hydrogen) atoms. The zero-order chi connectivity index (χ0) is 7.23. The minimum atomic E-state index is 0.352. The summed E-state index contributed by atoms with van der Waals surface area (Å²) in [6.45, 7) is 4.60. The van der Waals surface area contributed by atoms with E-state index in [0.29, 0.717) is 6.10 Å². The van der Waals surface area contributed by atoms with Crippen LogP contribution >= 0.6 is 0 Å². The van der Waals surface area contributed by atoms with Crippen LogP contribution in [0.25, 0.3) is 0 Å². The predicted molar refractivity (Wildman–Crippen MR) is 41.0 cm³/mol. The molecule has 2 heteroatoms. The van der Waals surface area contributed by atoms with Gasteiger partial charge in [0.15, 0.2) is 0 Å². The second-order valence-electron chi connectivity index (χ2n) is 2.43. The van der Waals surface area contributed by atoms with Gasteiger partial charge in [-0.2, -0.15) is 0 Å². The van der Waals surface area contributed by atoms with Gasteiger partial charge >= 0.3 is 0 Å². The van der Waals surface area contributed by atoms with Crippen LogP contribution in [-0.4, -0.2) is 25.8 Å². The Morgan fingerprint density at radius 1 is 1.70 bits per heavy atom. The Hall–Kier alpha value is -0.340. The Balaban J connectivity index is 2.13. The number of allylic oxidation sites excluding steroid dienone is 1. The summed E-state index contributed by atoms with van der Waals surface area (Å²) in [6.07, 6.45) is 5.55. The van der Waals surface area contributed by atoms with Gasteiger partial charge in [0.2, 0.25) is 0 Å². The highest BCUT2D eigenvalue weighted by Crippen LogP contribution is 2.02. The molecule has 0 spiro atoms. The number of ether oxygens (including phenoxy) is 1. The van der Waals surface area contributed by atoms with Crippen molar-refractivity contribution in [1.82, 2.24) is 5.32 Å². The summed E-state index contributed by atoms with van der Waals surface area (Å²) < 4.78 is 5.44. The Labute approximate surface area is 62.3 Å². The van der Waals surface area contributed by atoms with Gasteiger partial charge in [0.05, 0.1) is 12.7 Å². The summed E-state index contributed by atoms with van der Waals surface area (Å²) in [5.41, 5.74) is 0. The van der Waals surface area contributed by atoms with Gasteiger partial charge in [-0.15, -0.1) is 0 Å². The summed E-state index contributed by atoms with van der Waals surface area (Å²) >= 11 is 0. The molecule has 1 aliphatic rings. The summed E-state index contributed by atoms with van der Waals surface area (Å²) in [5, 5.41) is 4.25. The lowest BCUT2D eigenvalue weighted by atomic mass is 10.2. The van der Waals surface area contributed by atoms with E-state index < -0.39 is 0 Å². The van der Waals surface area contributed by atoms with Crippen molar-refractivity contribution in [1.29, 1.82) is 0 Å². The lowest BCUT2D eigenvalue weighted by Gasteiger charge is -2.20. The van der Waals surface area contributed by atoms with Gasteiger partial charge in [0.1, 0.15) is 0 Å². The average molecular weight is 140 g/mol. The van der Waals surface area contributed by atoms with Crippen LogP contribution in [0.4, 0.5) is 0 Å². The normalized spacial score (nSPS) is 27.5. The Kier molecular flexibility index (Phi) is 3.47. The smallest absolute Gasteiger partial charge is 0.0751 e. The molecule has 1 atom stereocenters. The average Bonchev–Trinajstić information content (AvgIpc) is 2.03. The van der Waals surface area contributed by atoms with Crippen LogP contribution in [0.2, 0.25) is 0 Å². The topological polar surface area (TPSA) is 23.3 Å². The molecule has 1 rings (SSSR count). The third kappa shape index (κ3) is 2.50. The zero-order valence-corrected chi connectivity index (χ0v) is 6.42. The summed E-state index contributed by atoms with van der Waals surface area (Å²) in [7, 11) is 0. The van der Waals surface area contributed by atoms with E-state index in [1.807, 2.05) is 6.92 Å². The highest BCUT2D eigenvalue weighted by Gasteiger charge is 2.11. The summed E-state index contributed by atoms with van der Waals surface area (Å²) in [6, 6.07) is 0. The molecule has 1 aliphatic heterocycles. The molecule has 1 heterocycles. The van der Waals surface area contributed by atoms with E-state index in [1.165, 1.54) is 0 Å². The van der Waals surface area contributed by atoms with Crippen LogP contribution in [0, 0.1) is 0 Å². The lowest BCUT2D eigenvalue weighted by Crippen LogP contribution is -2.33. The summed E-state index contributed by atoms with van der Waals surface area (Å²) in [5.74, 6) is 0. The maximum Gasteiger partial charge on any atom is 0.0751 e. The Morgan fingerprint density at radius 3 is 3.20 bits per heavy atom. The van der Waals surface area contributed by atoms with Gasteiger partial charge < -0.3 is 4.74 Å². The summed E-state index contributed by atoms with van der Waals surface area (Å²) in [4.78, 5) is 0. The molecule has 0 aromatic rings. The van der Waals surface area contributed by atoms with Crippen molar-refractivity contribution in [2.24, 2.45) is 0 Å². The number of morpholine rings is 1. The monoisotopic (exact) mass is 140 g/mol. The van der Waals surface area contributed by atoms with Crippen LogP contribution in [-0.2, 0) is 4.74 Å². The molecule has 1 unspecified atom stereocenters. The maximum atomic E-state index is 5.44. The first kappa shape index (κ1) is 7.76. The van der Waals surface area contributed by atoms with Crippen molar-refractivity contribution in [3.63, 3.8) is 0 Å². The fourth-order valence-corrected chi connectivity index (χ4v) is 1.00. The highest BCUT2D eigenvalue weighted by molar-refractivity contribution is 4.82. The minimum absolute atomic E-state index is 0.352.